The molecule has 0 aliphatic rings. The summed E-state index contributed by atoms with van der Waals surface area (Å²) < 4.78 is 11.6. The first-order valence-corrected chi connectivity index (χ1v) is 7.48. The lowest BCUT2D eigenvalue weighted by molar-refractivity contribution is 0.256. The summed E-state index contributed by atoms with van der Waals surface area (Å²) in [4.78, 5) is 4.46. The zero-order chi connectivity index (χ0) is 15.5. The topological polar surface area (TPSA) is 55.5 Å². The number of fused-ring (bicyclic) bond motifs is 1. The molecule has 3 rings (SSSR count). The highest BCUT2D eigenvalue weighted by Gasteiger charge is 2.10. The molecule has 4 heteroatoms. The van der Waals surface area contributed by atoms with Crippen LogP contribution in [0.5, 0.6) is 11.5 Å². The van der Waals surface area contributed by atoms with Gasteiger partial charge in [-0.15, -0.1) is 0 Å². The van der Waals surface area contributed by atoms with Crippen molar-refractivity contribution >= 4 is 11.1 Å². The first-order valence-electron chi connectivity index (χ1n) is 7.48. The Kier molecular flexibility index (Phi) is 4.00. The van der Waals surface area contributed by atoms with E-state index in [4.69, 9.17) is 9.15 Å². The first kappa shape index (κ1) is 14.4. The molecule has 0 saturated carbocycles. The van der Waals surface area contributed by atoms with Crippen LogP contribution in [-0.2, 0) is 0 Å². The van der Waals surface area contributed by atoms with Gasteiger partial charge in [0.2, 0.25) is 5.89 Å². The highest BCUT2D eigenvalue weighted by atomic mass is 16.5. The van der Waals surface area contributed by atoms with Crippen LogP contribution in [-0.4, -0.2) is 16.7 Å². The van der Waals surface area contributed by atoms with E-state index in [0.717, 1.165) is 23.3 Å². The minimum atomic E-state index is 0.223. The molecule has 1 N–H and O–H groups in total. The van der Waals surface area contributed by atoms with Crippen molar-refractivity contribution in [2.75, 3.05) is 6.61 Å². The summed E-state index contributed by atoms with van der Waals surface area (Å²) in [6.45, 7) is 5.01. The largest absolute Gasteiger partial charge is 0.508 e. The second kappa shape index (κ2) is 6.10. The van der Waals surface area contributed by atoms with Crippen molar-refractivity contribution in [3.05, 3.63) is 42.5 Å². The van der Waals surface area contributed by atoms with Gasteiger partial charge in [-0.05, 0) is 42.3 Å². The smallest absolute Gasteiger partial charge is 0.227 e. The Morgan fingerprint density at radius 3 is 2.68 bits per heavy atom. The minimum absolute atomic E-state index is 0.223. The summed E-state index contributed by atoms with van der Waals surface area (Å²) in [7, 11) is 0. The number of benzene rings is 2. The Balaban J connectivity index is 1.85. The van der Waals surface area contributed by atoms with E-state index in [-0.39, 0.29) is 5.75 Å². The summed E-state index contributed by atoms with van der Waals surface area (Å²) in [6.07, 6.45) is 1.09. The Hall–Kier alpha value is -2.49. The number of ether oxygens (including phenoxy) is 1. The quantitative estimate of drug-likeness (QED) is 0.746. The summed E-state index contributed by atoms with van der Waals surface area (Å²) in [5.74, 6) is 2.08. The predicted octanol–water partition coefficient (Wildman–Crippen LogP) is 4.63. The van der Waals surface area contributed by atoms with Crippen molar-refractivity contribution in [2.24, 2.45) is 5.92 Å². The van der Waals surface area contributed by atoms with Crippen LogP contribution in [0.4, 0.5) is 0 Å². The summed E-state index contributed by atoms with van der Waals surface area (Å²) in [6, 6.07) is 12.5. The molecule has 4 nitrogen and oxygen atoms in total. The van der Waals surface area contributed by atoms with Gasteiger partial charge in [-0.1, -0.05) is 20.3 Å². The normalized spacial score (nSPS) is 12.5. The molecule has 0 aliphatic heterocycles. The molecule has 0 saturated heterocycles. The van der Waals surface area contributed by atoms with Gasteiger partial charge in [-0.3, -0.25) is 0 Å². The maximum Gasteiger partial charge on any atom is 0.227 e. The fourth-order valence-electron chi connectivity index (χ4n) is 2.08. The summed E-state index contributed by atoms with van der Waals surface area (Å²) >= 11 is 0. The molecule has 0 spiro atoms. The van der Waals surface area contributed by atoms with Crippen LogP contribution in [0, 0.1) is 5.92 Å². The van der Waals surface area contributed by atoms with Gasteiger partial charge in [0, 0.05) is 11.6 Å². The average molecular weight is 297 g/mol. The van der Waals surface area contributed by atoms with Gasteiger partial charge in [-0.2, -0.15) is 0 Å². The molecule has 0 unspecified atom stereocenters. The second-order valence-electron chi connectivity index (χ2n) is 5.52. The number of phenols is 1. The standard InChI is InChI=1S/C18H19NO3/c1-3-12(2)11-21-15-8-9-16-17(10-15)22-18(19-16)13-4-6-14(20)7-5-13/h4-10,12,20H,3,11H2,1-2H3/t12-/m0/s1. The molecular formula is C18H19NO3. The van der Waals surface area contributed by atoms with Crippen LogP contribution < -0.4 is 4.74 Å². The number of aromatic nitrogens is 1. The van der Waals surface area contributed by atoms with Crippen LogP contribution in [0.2, 0.25) is 0 Å². The number of hydrogen-bond acceptors (Lipinski definition) is 4. The molecular weight excluding hydrogens is 278 g/mol. The third kappa shape index (κ3) is 3.06. The van der Waals surface area contributed by atoms with Gasteiger partial charge in [0.25, 0.3) is 0 Å². The molecule has 0 radical (unpaired) electrons. The van der Waals surface area contributed by atoms with Crippen LogP contribution in [0.1, 0.15) is 20.3 Å². The number of oxazole rings is 1. The van der Waals surface area contributed by atoms with Crippen molar-refractivity contribution in [3.8, 4) is 23.0 Å². The monoisotopic (exact) mass is 297 g/mol. The lowest BCUT2D eigenvalue weighted by Crippen LogP contribution is -2.06. The fraction of sp³-hybridized carbons (Fsp3) is 0.278. The zero-order valence-electron chi connectivity index (χ0n) is 12.7. The third-order valence-electron chi connectivity index (χ3n) is 3.71. The predicted molar refractivity (Wildman–Crippen MR) is 86.1 cm³/mol. The van der Waals surface area contributed by atoms with E-state index >= 15 is 0 Å². The van der Waals surface area contributed by atoms with Gasteiger partial charge in [0.05, 0.1) is 6.61 Å². The molecule has 0 fully saturated rings. The number of phenolic OH excluding ortho intramolecular Hbond substituents is 1. The van der Waals surface area contributed by atoms with Gasteiger partial charge in [0.1, 0.15) is 17.0 Å². The molecule has 22 heavy (non-hydrogen) atoms. The van der Waals surface area contributed by atoms with Crippen molar-refractivity contribution in [2.45, 2.75) is 20.3 Å². The molecule has 1 aromatic heterocycles. The third-order valence-corrected chi connectivity index (χ3v) is 3.71. The summed E-state index contributed by atoms with van der Waals surface area (Å²) in [5.41, 5.74) is 2.32. The molecule has 114 valence electrons. The van der Waals surface area contributed by atoms with E-state index in [1.54, 1.807) is 24.3 Å². The Morgan fingerprint density at radius 1 is 1.18 bits per heavy atom. The van der Waals surface area contributed by atoms with Crippen molar-refractivity contribution in [3.63, 3.8) is 0 Å². The molecule has 2 aromatic carbocycles. The van der Waals surface area contributed by atoms with Crippen LogP contribution >= 0.6 is 0 Å². The zero-order valence-corrected chi connectivity index (χ0v) is 12.7. The number of aromatic hydroxyl groups is 1. The molecule has 3 aromatic rings. The Morgan fingerprint density at radius 2 is 1.95 bits per heavy atom. The molecule has 1 heterocycles. The van der Waals surface area contributed by atoms with Crippen molar-refractivity contribution < 1.29 is 14.3 Å². The van der Waals surface area contributed by atoms with E-state index in [1.807, 2.05) is 18.2 Å². The van der Waals surface area contributed by atoms with Crippen LogP contribution in [0.15, 0.2) is 46.9 Å². The minimum Gasteiger partial charge on any atom is -0.508 e. The van der Waals surface area contributed by atoms with Crippen LogP contribution in [0.3, 0.4) is 0 Å². The second-order valence-corrected chi connectivity index (χ2v) is 5.52. The molecule has 0 amide bonds. The molecule has 0 bridgehead atoms. The van der Waals surface area contributed by atoms with Gasteiger partial charge < -0.3 is 14.3 Å². The maximum absolute atomic E-state index is 9.34. The number of nitrogens with zero attached hydrogens (tertiary/aromatic N) is 1. The number of hydrogen-bond donors (Lipinski definition) is 1. The maximum atomic E-state index is 9.34. The Labute approximate surface area is 129 Å². The highest BCUT2D eigenvalue weighted by Crippen LogP contribution is 2.28. The van der Waals surface area contributed by atoms with Crippen molar-refractivity contribution in [1.29, 1.82) is 0 Å². The highest BCUT2D eigenvalue weighted by molar-refractivity contribution is 5.77. The summed E-state index contributed by atoms with van der Waals surface area (Å²) in [5, 5.41) is 9.34. The van der Waals surface area contributed by atoms with Gasteiger partial charge in [0.15, 0.2) is 5.58 Å². The van der Waals surface area contributed by atoms with E-state index in [0.29, 0.717) is 24.0 Å². The van der Waals surface area contributed by atoms with Gasteiger partial charge in [-0.25, -0.2) is 4.98 Å². The average Bonchev–Trinajstić information content (AvgIpc) is 2.96. The van der Waals surface area contributed by atoms with E-state index in [2.05, 4.69) is 18.8 Å². The van der Waals surface area contributed by atoms with E-state index in [1.165, 1.54) is 0 Å². The van der Waals surface area contributed by atoms with Gasteiger partial charge >= 0.3 is 0 Å². The molecule has 0 aliphatic carbocycles. The lowest BCUT2D eigenvalue weighted by atomic mass is 10.1. The molecule has 1 atom stereocenters. The van der Waals surface area contributed by atoms with E-state index < -0.39 is 0 Å². The lowest BCUT2D eigenvalue weighted by Gasteiger charge is -2.10. The Bertz CT molecular complexity index is 762. The van der Waals surface area contributed by atoms with Crippen LogP contribution in [0.25, 0.3) is 22.6 Å². The van der Waals surface area contributed by atoms with E-state index in [9.17, 15) is 5.11 Å². The van der Waals surface area contributed by atoms with Crippen molar-refractivity contribution in [1.82, 2.24) is 4.98 Å². The number of rotatable bonds is 5. The first-order chi connectivity index (χ1) is 10.7. The fourth-order valence-corrected chi connectivity index (χ4v) is 2.08. The SMILES string of the molecule is CC[C@H](C)COc1ccc2nc(-c3ccc(O)cc3)oc2c1.